The average Bonchev–Trinajstić information content (AvgIpc) is 2.98. The molecule has 5 nitrogen and oxygen atoms in total. The zero-order chi connectivity index (χ0) is 17.1. The molecule has 0 bridgehead atoms. The fraction of sp³-hybridized carbons (Fsp3) is 0.118. The predicted molar refractivity (Wildman–Crippen MR) is 99.3 cm³/mol. The van der Waals surface area contributed by atoms with Gasteiger partial charge in [-0.05, 0) is 41.1 Å². The van der Waals surface area contributed by atoms with Crippen LogP contribution in [0.15, 0.2) is 57.2 Å². The third-order valence-corrected chi connectivity index (χ3v) is 4.57. The summed E-state index contributed by atoms with van der Waals surface area (Å²) in [5.41, 5.74) is 2.28. The number of rotatable bonds is 4. The lowest BCUT2D eigenvalue weighted by atomic mass is 10.1. The molecule has 0 aliphatic heterocycles. The summed E-state index contributed by atoms with van der Waals surface area (Å²) in [7, 11) is 0. The Kier molecular flexibility index (Phi) is 4.92. The van der Waals surface area contributed by atoms with Gasteiger partial charge in [-0.3, -0.25) is 9.59 Å². The molecular weight excluding hydrogens is 390 g/mol. The number of carbonyl (C=O) groups is 1. The van der Waals surface area contributed by atoms with Gasteiger partial charge in [-0.15, -0.1) is 11.3 Å². The molecule has 0 saturated heterocycles. The second-order valence-corrected chi connectivity index (χ2v) is 7.17. The Morgan fingerprint density at radius 1 is 1.33 bits per heavy atom. The van der Waals surface area contributed by atoms with Crippen molar-refractivity contribution < 1.29 is 4.79 Å². The number of benzene rings is 1. The minimum absolute atomic E-state index is 0.0433. The minimum atomic E-state index is -0.262. The van der Waals surface area contributed by atoms with Crippen LogP contribution in [0.25, 0.3) is 11.3 Å². The number of hydrogen-bond donors (Lipinski definition) is 1. The maximum atomic E-state index is 12.2. The zero-order valence-electron chi connectivity index (χ0n) is 12.8. The van der Waals surface area contributed by atoms with E-state index >= 15 is 0 Å². The largest absolute Gasteiger partial charge is 0.325 e. The van der Waals surface area contributed by atoms with Crippen LogP contribution in [0.5, 0.6) is 0 Å². The predicted octanol–water partition coefficient (Wildman–Crippen LogP) is 3.68. The Hall–Kier alpha value is -2.25. The molecule has 0 spiro atoms. The normalized spacial score (nSPS) is 10.6. The van der Waals surface area contributed by atoms with E-state index in [1.807, 2.05) is 36.6 Å². The summed E-state index contributed by atoms with van der Waals surface area (Å²) in [5, 5.41) is 5.79. The highest BCUT2D eigenvalue weighted by atomic mass is 79.9. The van der Waals surface area contributed by atoms with E-state index in [1.165, 1.54) is 10.6 Å². The van der Waals surface area contributed by atoms with E-state index in [1.54, 1.807) is 23.6 Å². The summed E-state index contributed by atoms with van der Waals surface area (Å²) in [6.45, 7) is 1.91. The summed E-state index contributed by atoms with van der Waals surface area (Å²) in [6, 6.07) is 10.6. The summed E-state index contributed by atoms with van der Waals surface area (Å²) in [6.07, 6.45) is 1.59. The molecule has 0 fully saturated rings. The van der Waals surface area contributed by atoms with E-state index in [9.17, 15) is 9.59 Å². The second-order valence-electron chi connectivity index (χ2n) is 5.19. The number of thiazole rings is 1. The standard InChI is InChI=1S/C17H14BrN3O2S/c1-11-19-15(10-24-11)12-3-2-4-14(7-12)20-16(22)9-21-8-13(18)5-6-17(21)23/h2-8,10H,9H2,1H3,(H,20,22). The molecule has 0 saturated carbocycles. The van der Waals surface area contributed by atoms with Crippen molar-refractivity contribution in [2.75, 3.05) is 5.32 Å². The minimum Gasteiger partial charge on any atom is -0.325 e. The van der Waals surface area contributed by atoms with Crippen LogP contribution in [0.1, 0.15) is 5.01 Å². The SMILES string of the molecule is Cc1nc(-c2cccc(NC(=O)Cn3cc(Br)ccc3=O)c2)cs1. The molecule has 1 amide bonds. The van der Waals surface area contributed by atoms with Crippen LogP contribution < -0.4 is 10.9 Å². The average molecular weight is 404 g/mol. The van der Waals surface area contributed by atoms with E-state index < -0.39 is 0 Å². The van der Waals surface area contributed by atoms with Gasteiger partial charge < -0.3 is 9.88 Å². The van der Waals surface area contributed by atoms with Crippen molar-refractivity contribution in [2.24, 2.45) is 0 Å². The van der Waals surface area contributed by atoms with Gasteiger partial charge in [-0.25, -0.2) is 4.98 Å². The molecule has 2 heterocycles. The lowest BCUT2D eigenvalue weighted by Crippen LogP contribution is -2.26. The molecule has 2 aromatic heterocycles. The van der Waals surface area contributed by atoms with Crippen molar-refractivity contribution in [1.82, 2.24) is 9.55 Å². The third kappa shape index (κ3) is 3.98. The molecule has 0 aliphatic carbocycles. The molecular formula is C17H14BrN3O2S. The highest BCUT2D eigenvalue weighted by Gasteiger charge is 2.08. The first-order valence-electron chi connectivity index (χ1n) is 7.20. The fourth-order valence-corrected chi connectivity index (χ4v) is 3.23. The Morgan fingerprint density at radius 3 is 2.92 bits per heavy atom. The van der Waals surface area contributed by atoms with Crippen LogP contribution in [-0.2, 0) is 11.3 Å². The number of anilines is 1. The number of nitrogens with one attached hydrogen (secondary N) is 1. The smallest absolute Gasteiger partial charge is 0.251 e. The number of halogens is 1. The molecule has 1 N–H and O–H groups in total. The van der Waals surface area contributed by atoms with Gasteiger partial charge in [0.2, 0.25) is 5.91 Å². The van der Waals surface area contributed by atoms with Crippen LogP contribution in [-0.4, -0.2) is 15.5 Å². The van der Waals surface area contributed by atoms with E-state index in [4.69, 9.17) is 0 Å². The molecule has 3 rings (SSSR count). The van der Waals surface area contributed by atoms with Crippen molar-refractivity contribution in [3.63, 3.8) is 0 Å². The summed E-state index contributed by atoms with van der Waals surface area (Å²) in [5.74, 6) is -0.262. The maximum absolute atomic E-state index is 12.2. The van der Waals surface area contributed by atoms with Crippen molar-refractivity contribution in [3.8, 4) is 11.3 Å². The highest BCUT2D eigenvalue weighted by molar-refractivity contribution is 9.10. The van der Waals surface area contributed by atoms with E-state index in [2.05, 4.69) is 26.2 Å². The van der Waals surface area contributed by atoms with Crippen molar-refractivity contribution in [1.29, 1.82) is 0 Å². The number of aryl methyl sites for hydroxylation is 1. The number of amides is 1. The summed E-state index contributed by atoms with van der Waals surface area (Å²) < 4.78 is 2.10. The summed E-state index contributed by atoms with van der Waals surface area (Å²) in [4.78, 5) is 28.4. The number of nitrogens with zero attached hydrogens (tertiary/aromatic N) is 2. The van der Waals surface area contributed by atoms with E-state index in [-0.39, 0.29) is 18.0 Å². The molecule has 1 aromatic carbocycles. The molecule has 7 heteroatoms. The van der Waals surface area contributed by atoms with Gasteiger partial charge in [0.25, 0.3) is 5.56 Å². The Labute approximate surface area is 151 Å². The Balaban J connectivity index is 1.75. The first kappa shape index (κ1) is 16.6. The Morgan fingerprint density at radius 2 is 2.17 bits per heavy atom. The number of hydrogen-bond acceptors (Lipinski definition) is 4. The monoisotopic (exact) mass is 403 g/mol. The lowest BCUT2D eigenvalue weighted by Gasteiger charge is -2.08. The van der Waals surface area contributed by atoms with Crippen LogP contribution >= 0.6 is 27.3 Å². The van der Waals surface area contributed by atoms with Gasteiger partial charge in [0.05, 0.1) is 10.7 Å². The Bertz CT molecular complexity index is 949. The van der Waals surface area contributed by atoms with Crippen LogP contribution in [0.2, 0.25) is 0 Å². The van der Waals surface area contributed by atoms with Crippen molar-refractivity contribution in [3.05, 3.63) is 67.8 Å². The zero-order valence-corrected chi connectivity index (χ0v) is 15.2. The van der Waals surface area contributed by atoms with Gasteiger partial charge in [0.1, 0.15) is 6.54 Å². The first-order valence-corrected chi connectivity index (χ1v) is 8.87. The number of pyridine rings is 1. The molecule has 0 radical (unpaired) electrons. The molecule has 0 unspecified atom stereocenters. The third-order valence-electron chi connectivity index (χ3n) is 3.32. The fourth-order valence-electron chi connectivity index (χ4n) is 2.23. The van der Waals surface area contributed by atoms with Crippen molar-refractivity contribution in [2.45, 2.75) is 13.5 Å². The van der Waals surface area contributed by atoms with Gasteiger partial charge in [-0.1, -0.05) is 12.1 Å². The van der Waals surface area contributed by atoms with Gasteiger partial charge in [-0.2, -0.15) is 0 Å². The van der Waals surface area contributed by atoms with E-state index in [0.29, 0.717) is 5.69 Å². The summed E-state index contributed by atoms with van der Waals surface area (Å²) >= 11 is 4.88. The molecule has 122 valence electrons. The molecule has 3 aromatic rings. The maximum Gasteiger partial charge on any atom is 0.251 e. The van der Waals surface area contributed by atoms with Gasteiger partial charge in [0.15, 0.2) is 0 Å². The van der Waals surface area contributed by atoms with E-state index in [0.717, 1.165) is 20.7 Å². The van der Waals surface area contributed by atoms with Gasteiger partial charge >= 0.3 is 0 Å². The highest BCUT2D eigenvalue weighted by Crippen LogP contribution is 2.24. The molecule has 0 atom stereocenters. The van der Waals surface area contributed by atoms with Crippen LogP contribution in [0.4, 0.5) is 5.69 Å². The molecule has 0 aliphatic rings. The second kappa shape index (κ2) is 7.11. The first-order chi connectivity index (χ1) is 11.5. The van der Waals surface area contributed by atoms with Crippen LogP contribution in [0, 0.1) is 6.92 Å². The quantitative estimate of drug-likeness (QED) is 0.722. The number of aromatic nitrogens is 2. The molecule has 24 heavy (non-hydrogen) atoms. The lowest BCUT2D eigenvalue weighted by molar-refractivity contribution is -0.116. The van der Waals surface area contributed by atoms with Gasteiger partial charge in [0, 0.05) is 33.4 Å². The topological polar surface area (TPSA) is 64.0 Å². The van der Waals surface area contributed by atoms with Crippen molar-refractivity contribution >= 4 is 38.9 Å². The van der Waals surface area contributed by atoms with Crippen LogP contribution in [0.3, 0.4) is 0 Å². The number of carbonyl (C=O) groups excluding carboxylic acids is 1.